The quantitative estimate of drug-likeness (QED) is 0.260. The van der Waals surface area contributed by atoms with Crippen molar-refractivity contribution in [2.45, 2.75) is 19.4 Å². The van der Waals surface area contributed by atoms with Crippen molar-refractivity contribution in [1.82, 2.24) is 4.90 Å². The maximum Gasteiger partial charge on any atom is 0.252 e. The maximum atomic E-state index is 12.7. The highest BCUT2D eigenvalue weighted by atomic mass is 79.9. The van der Waals surface area contributed by atoms with Crippen molar-refractivity contribution in [3.63, 3.8) is 0 Å². The van der Waals surface area contributed by atoms with Crippen molar-refractivity contribution in [3.8, 4) is 11.5 Å². The lowest BCUT2D eigenvalue weighted by molar-refractivity contribution is 0.0834. The number of likely N-dealkylation sites (tertiary alicyclic amines) is 1. The van der Waals surface area contributed by atoms with Crippen molar-refractivity contribution in [2.24, 2.45) is 5.92 Å². The van der Waals surface area contributed by atoms with Crippen LogP contribution < -0.4 is 4.74 Å². The van der Waals surface area contributed by atoms with E-state index in [-0.39, 0.29) is 11.7 Å². The highest BCUT2D eigenvalue weighted by Crippen LogP contribution is 2.26. The van der Waals surface area contributed by atoms with Crippen LogP contribution in [-0.4, -0.2) is 29.0 Å². The van der Waals surface area contributed by atoms with Gasteiger partial charge >= 0.3 is 0 Å². The van der Waals surface area contributed by atoms with Crippen LogP contribution in [0.3, 0.4) is 0 Å². The van der Waals surface area contributed by atoms with Gasteiger partial charge < -0.3 is 4.74 Å². The van der Waals surface area contributed by atoms with Gasteiger partial charge in [0.15, 0.2) is 5.78 Å². The molecule has 0 N–H and O–H groups in total. The van der Waals surface area contributed by atoms with E-state index in [9.17, 15) is 9.59 Å². The molecule has 1 heterocycles. The number of piperidine rings is 1. The molecule has 1 aliphatic rings. The molecular formula is C26H23BrClNO3. The van der Waals surface area contributed by atoms with Crippen molar-refractivity contribution in [2.75, 3.05) is 13.1 Å². The SMILES string of the molecule is O=C(Cl)c1ccc(Oc2ccc(CN3CCC(C(=O)c4ccc(Br)cc4)CC3)cc2)cc1. The third-order valence-electron chi connectivity index (χ3n) is 5.73. The Morgan fingerprint density at radius 3 is 1.94 bits per heavy atom. The summed E-state index contributed by atoms with van der Waals surface area (Å²) in [5.74, 6) is 1.74. The van der Waals surface area contributed by atoms with E-state index in [0.29, 0.717) is 11.3 Å². The van der Waals surface area contributed by atoms with Gasteiger partial charge in [-0.3, -0.25) is 14.5 Å². The van der Waals surface area contributed by atoms with E-state index < -0.39 is 5.24 Å². The smallest absolute Gasteiger partial charge is 0.252 e. The second kappa shape index (κ2) is 10.4. The van der Waals surface area contributed by atoms with Crippen LogP contribution in [0.2, 0.25) is 0 Å². The van der Waals surface area contributed by atoms with E-state index in [1.807, 2.05) is 36.4 Å². The predicted molar refractivity (Wildman–Crippen MR) is 130 cm³/mol. The number of hydrogen-bond donors (Lipinski definition) is 0. The minimum absolute atomic E-state index is 0.101. The molecule has 0 radical (unpaired) electrons. The van der Waals surface area contributed by atoms with E-state index >= 15 is 0 Å². The summed E-state index contributed by atoms with van der Waals surface area (Å²) in [5, 5.41) is -0.484. The molecule has 0 saturated carbocycles. The summed E-state index contributed by atoms with van der Waals surface area (Å²) in [6.07, 6.45) is 1.77. The number of ether oxygens (including phenoxy) is 1. The Bertz CT molecular complexity index is 1070. The second-order valence-electron chi connectivity index (χ2n) is 7.97. The van der Waals surface area contributed by atoms with Crippen molar-refractivity contribution < 1.29 is 14.3 Å². The molecule has 0 amide bonds. The number of carbonyl (C=O) groups excluding carboxylic acids is 2. The molecule has 164 valence electrons. The Hall–Kier alpha value is -2.47. The van der Waals surface area contributed by atoms with Crippen LogP contribution in [0.1, 0.15) is 39.1 Å². The standard InChI is InChI=1S/C26H23BrClNO3/c27-22-7-3-19(4-8-22)25(30)20-13-15-29(16-14-20)17-18-1-9-23(10-2-18)32-24-11-5-21(6-12-24)26(28)31/h1-12,20H,13-17H2. The fraction of sp³-hybridized carbons (Fsp3) is 0.231. The number of hydrogen-bond acceptors (Lipinski definition) is 4. The lowest BCUT2D eigenvalue weighted by Gasteiger charge is -2.31. The molecule has 1 saturated heterocycles. The van der Waals surface area contributed by atoms with Crippen LogP contribution in [0, 0.1) is 5.92 Å². The molecule has 32 heavy (non-hydrogen) atoms. The monoisotopic (exact) mass is 511 g/mol. The average molecular weight is 513 g/mol. The summed E-state index contributed by atoms with van der Waals surface area (Å²) < 4.78 is 6.83. The molecular weight excluding hydrogens is 490 g/mol. The third-order valence-corrected chi connectivity index (χ3v) is 6.48. The van der Waals surface area contributed by atoms with Crippen molar-refractivity contribution in [1.29, 1.82) is 0 Å². The number of rotatable bonds is 7. The minimum atomic E-state index is -0.484. The van der Waals surface area contributed by atoms with E-state index in [0.717, 1.165) is 48.3 Å². The topological polar surface area (TPSA) is 46.6 Å². The molecule has 1 fully saturated rings. The molecule has 3 aromatic rings. The van der Waals surface area contributed by atoms with Gasteiger partial charge in [-0.2, -0.15) is 0 Å². The molecule has 0 unspecified atom stereocenters. The van der Waals surface area contributed by atoms with Crippen LogP contribution in [0.25, 0.3) is 0 Å². The van der Waals surface area contributed by atoms with Gasteiger partial charge in [0.25, 0.3) is 5.24 Å². The zero-order valence-electron chi connectivity index (χ0n) is 17.5. The lowest BCUT2D eigenvalue weighted by atomic mass is 9.89. The number of benzene rings is 3. The van der Waals surface area contributed by atoms with Gasteiger partial charge in [-0.05, 0) is 91.6 Å². The molecule has 0 atom stereocenters. The molecule has 0 aliphatic carbocycles. The Morgan fingerprint density at radius 1 is 0.844 bits per heavy atom. The summed E-state index contributed by atoms with van der Waals surface area (Å²) in [6, 6.07) is 22.4. The maximum absolute atomic E-state index is 12.7. The molecule has 0 spiro atoms. The number of ketones is 1. The van der Waals surface area contributed by atoms with Gasteiger partial charge in [-0.15, -0.1) is 0 Å². The summed E-state index contributed by atoms with van der Waals surface area (Å²) >= 11 is 8.88. The molecule has 4 rings (SSSR count). The molecule has 1 aliphatic heterocycles. The first-order valence-electron chi connectivity index (χ1n) is 10.6. The van der Waals surface area contributed by atoms with Crippen molar-refractivity contribution >= 4 is 38.6 Å². The lowest BCUT2D eigenvalue weighted by Crippen LogP contribution is -2.35. The van der Waals surface area contributed by atoms with Crippen LogP contribution >= 0.6 is 27.5 Å². The fourth-order valence-electron chi connectivity index (χ4n) is 3.91. The number of carbonyl (C=O) groups is 2. The van der Waals surface area contributed by atoms with Gasteiger partial charge in [0, 0.05) is 28.1 Å². The first-order valence-corrected chi connectivity index (χ1v) is 11.7. The van der Waals surface area contributed by atoms with E-state index in [1.54, 1.807) is 24.3 Å². The zero-order valence-corrected chi connectivity index (χ0v) is 19.8. The Balaban J connectivity index is 1.27. The van der Waals surface area contributed by atoms with Gasteiger partial charge in [0.05, 0.1) is 0 Å². The molecule has 6 heteroatoms. The molecule has 0 bridgehead atoms. The molecule has 3 aromatic carbocycles. The normalized spacial score (nSPS) is 14.8. The molecule has 4 nitrogen and oxygen atoms in total. The Morgan fingerprint density at radius 2 is 1.38 bits per heavy atom. The minimum Gasteiger partial charge on any atom is -0.457 e. The fourth-order valence-corrected chi connectivity index (χ4v) is 4.30. The zero-order chi connectivity index (χ0) is 22.5. The highest BCUT2D eigenvalue weighted by molar-refractivity contribution is 9.10. The van der Waals surface area contributed by atoms with Crippen molar-refractivity contribution in [3.05, 3.63) is 94.0 Å². The van der Waals surface area contributed by atoms with Crippen LogP contribution in [0.4, 0.5) is 0 Å². The first-order chi connectivity index (χ1) is 15.5. The van der Waals surface area contributed by atoms with E-state index in [1.165, 1.54) is 5.56 Å². The van der Waals surface area contributed by atoms with Crippen LogP contribution in [0.5, 0.6) is 11.5 Å². The van der Waals surface area contributed by atoms with Crippen LogP contribution in [0.15, 0.2) is 77.3 Å². The number of halogens is 2. The number of Topliss-reactive ketones (excluding diaryl/α,β-unsaturated/α-hetero) is 1. The first kappa shape index (κ1) is 22.7. The van der Waals surface area contributed by atoms with E-state index in [4.69, 9.17) is 16.3 Å². The Labute approximate surface area is 201 Å². The van der Waals surface area contributed by atoms with E-state index in [2.05, 4.69) is 33.0 Å². The van der Waals surface area contributed by atoms with Gasteiger partial charge in [-0.25, -0.2) is 0 Å². The molecule has 0 aromatic heterocycles. The Kier molecular flexibility index (Phi) is 7.40. The third kappa shape index (κ3) is 5.85. The van der Waals surface area contributed by atoms with Crippen LogP contribution in [-0.2, 0) is 6.54 Å². The van der Waals surface area contributed by atoms with Gasteiger partial charge in [0.1, 0.15) is 11.5 Å². The average Bonchev–Trinajstić information content (AvgIpc) is 2.81. The number of nitrogens with zero attached hydrogens (tertiary/aromatic N) is 1. The predicted octanol–water partition coefficient (Wildman–Crippen LogP) is 6.72. The van der Waals surface area contributed by atoms with Gasteiger partial charge in [0.2, 0.25) is 0 Å². The largest absolute Gasteiger partial charge is 0.457 e. The summed E-state index contributed by atoms with van der Waals surface area (Å²) in [5.41, 5.74) is 2.45. The highest BCUT2D eigenvalue weighted by Gasteiger charge is 2.25. The summed E-state index contributed by atoms with van der Waals surface area (Å²) in [4.78, 5) is 26.3. The van der Waals surface area contributed by atoms with Gasteiger partial charge in [-0.1, -0.05) is 40.2 Å². The summed E-state index contributed by atoms with van der Waals surface area (Å²) in [7, 11) is 0. The summed E-state index contributed by atoms with van der Waals surface area (Å²) in [6.45, 7) is 2.68. The second-order valence-corrected chi connectivity index (χ2v) is 9.22.